The van der Waals surface area contributed by atoms with Crippen molar-refractivity contribution in [2.45, 2.75) is 64.2 Å². The summed E-state index contributed by atoms with van der Waals surface area (Å²) in [7, 11) is 0. The molecule has 0 nitrogen and oxygen atoms in total. The standard InChI is InChI=1S/C20H30/c1-2-12-5-6-14-9-10-15-8-7-13-4-3-11(1)16-17(12)19(14)20(15)18(13)16/h11-20H,1-10H2. The Kier molecular flexibility index (Phi) is 2.22. The summed E-state index contributed by atoms with van der Waals surface area (Å²) >= 11 is 0. The monoisotopic (exact) mass is 270 g/mol. The fourth-order valence-corrected chi connectivity index (χ4v) is 9.21. The molecule has 0 amide bonds. The quantitative estimate of drug-likeness (QED) is 0.572. The Morgan fingerprint density at radius 1 is 0.250 bits per heavy atom. The predicted octanol–water partition coefficient (Wildman–Crippen LogP) is 5.13. The first kappa shape index (κ1) is 11.6. The normalized spacial score (nSPS) is 66.0. The third kappa shape index (κ3) is 1.23. The van der Waals surface area contributed by atoms with Crippen LogP contribution >= 0.6 is 0 Å². The number of hydrogen-bond donors (Lipinski definition) is 0. The first-order valence-corrected chi connectivity index (χ1v) is 9.92. The van der Waals surface area contributed by atoms with E-state index in [1.165, 1.54) is 59.2 Å². The highest BCUT2D eigenvalue weighted by Gasteiger charge is 2.65. The molecule has 0 heteroatoms. The maximum Gasteiger partial charge on any atom is -0.0318 e. The minimum Gasteiger partial charge on any atom is -0.0499 e. The largest absolute Gasteiger partial charge is 0.0499 e. The molecule has 0 saturated heterocycles. The smallest absolute Gasteiger partial charge is 0.0318 e. The molecule has 0 aromatic rings. The summed E-state index contributed by atoms with van der Waals surface area (Å²) in [4.78, 5) is 0. The summed E-state index contributed by atoms with van der Waals surface area (Å²) in [6.07, 6.45) is 16.3. The average Bonchev–Trinajstić information content (AvgIpc) is 2.88. The van der Waals surface area contributed by atoms with Crippen molar-refractivity contribution in [2.24, 2.45) is 59.2 Å². The van der Waals surface area contributed by atoms with Crippen LogP contribution in [0.1, 0.15) is 64.2 Å². The zero-order valence-corrected chi connectivity index (χ0v) is 12.8. The van der Waals surface area contributed by atoms with Gasteiger partial charge in [-0.25, -0.2) is 0 Å². The molecule has 0 aliphatic heterocycles. The van der Waals surface area contributed by atoms with Crippen LogP contribution in [0.25, 0.3) is 0 Å². The van der Waals surface area contributed by atoms with Gasteiger partial charge in [0.2, 0.25) is 0 Å². The molecule has 0 spiro atoms. The Labute approximate surface area is 124 Å². The molecule has 6 aliphatic rings. The lowest BCUT2D eigenvalue weighted by Crippen LogP contribution is -2.43. The van der Waals surface area contributed by atoms with Gasteiger partial charge in [0, 0.05) is 0 Å². The summed E-state index contributed by atoms with van der Waals surface area (Å²) in [5, 5.41) is 0. The van der Waals surface area contributed by atoms with Gasteiger partial charge in [-0.2, -0.15) is 0 Å². The van der Waals surface area contributed by atoms with E-state index >= 15 is 0 Å². The summed E-state index contributed by atoms with van der Waals surface area (Å²) in [5.74, 6) is 12.0. The second-order valence-corrected chi connectivity index (χ2v) is 9.57. The zero-order valence-electron chi connectivity index (χ0n) is 12.8. The van der Waals surface area contributed by atoms with Crippen LogP contribution in [0.15, 0.2) is 0 Å². The minimum absolute atomic E-state index is 1.18. The van der Waals surface area contributed by atoms with Gasteiger partial charge in [-0.15, -0.1) is 0 Å². The first-order chi connectivity index (χ1) is 9.92. The second kappa shape index (κ2) is 3.85. The molecule has 0 unspecified atom stereocenters. The van der Waals surface area contributed by atoms with Crippen LogP contribution in [0.2, 0.25) is 0 Å². The van der Waals surface area contributed by atoms with Gasteiger partial charge in [-0.3, -0.25) is 0 Å². The van der Waals surface area contributed by atoms with Gasteiger partial charge in [-0.05, 0) is 123 Å². The molecule has 0 aromatic carbocycles. The van der Waals surface area contributed by atoms with Crippen molar-refractivity contribution in [2.75, 3.05) is 0 Å². The van der Waals surface area contributed by atoms with Crippen molar-refractivity contribution in [1.29, 1.82) is 0 Å². The Hall–Kier alpha value is 0. The topological polar surface area (TPSA) is 0 Å². The highest BCUT2D eigenvalue weighted by Crippen LogP contribution is 2.72. The van der Waals surface area contributed by atoms with E-state index in [9.17, 15) is 0 Å². The van der Waals surface area contributed by atoms with Crippen LogP contribution in [0.4, 0.5) is 0 Å². The molecule has 110 valence electrons. The molecule has 6 rings (SSSR count). The lowest BCUT2D eigenvalue weighted by Gasteiger charge is -2.50. The van der Waals surface area contributed by atoms with Crippen LogP contribution in [0.3, 0.4) is 0 Å². The zero-order chi connectivity index (χ0) is 12.8. The molecule has 6 saturated carbocycles. The molecule has 20 heavy (non-hydrogen) atoms. The molecule has 0 aromatic heterocycles. The van der Waals surface area contributed by atoms with E-state index in [1.54, 1.807) is 64.2 Å². The molecule has 6 aliphatic carbocycles. The van der Waals surface area contributed by atoms with E-state index < -0.39 is 0 Å². The maximum atomic E-state index is 1.63. The Morgan fingerprint density at radius 2 is 0.400 bits per heavy atom. The molecule has 0 bridgehead atoms. The predicted molar refractivity (Wildman–Crippen MR) is 81.1 cm³/mol. The summed E-state index contributed by atoms with van der Waals surface area (Å²) in [5.41, 5.74) is 0. The van der Waals surface area contributed by atoms with Crippen LogP contribution in [0, 0.1) is 59.2 Å². The van der Waals surface area contributed by atoms with Gasteiger partial charge in [-0.1, -0.05) is 0 Å². The minimum atomic E-state index is 1.18. The Balaban J connectivity index is 1.52. The summed E-state index contributed by atoms with van der Waals surface area (Å²) < 4.78 is 0. The SMILES string of the molecule is C1CC2CCC3CCC4CCC5CCC1C1C2C3C4C51. The van der Waals surface area contributed by atoms with Crippen molar-refractivity contribution in [3.63, 3.8) is 0 Å². The van der Waals surface area contributed by atoms with Gasteiger partial charge in [0.1, 0.15) is 0 Å². The summed E-state index contributed by atoms with van der Waals surface area (Å²) in [6.45, 7) is 0. The van der Waals surface area contributed by atoms with Gasteiger partial charge in [0.15, 0.2) is 0 Å². The van der Waals surface area contributed by atoms with Crippen molar-refractivity contribution in [3.8, 4) is 0 Å². The lowest BCUT2D eigenvalue weighted by molar-refractivity contribution is -0.0144. The van der Waals surface area contributed by atoms with Gasteiger partial charge in [0.25, 0.3) is 0 Å². The van der Waals surface area contributed by atoms with Crippen molar-refractivity contribution in [1.82, 2.24) is 0 Å². The van der Waals surface area contributed by atoms with E-state index in [1.807, 2.05) is 0 Å². The molecule has 0 heterocycles. The molecule has 6 fully saturated rings. The number of rotatable bonds is 0. The summed E-state index contributed by atoms with van der Waals surface area (Å²) in [6, 6.07) is 0. The van der Waals surface area contributed by atoms with Gasteiger partial charge < -0.3 is 0 Å². The van der Waals surface area contributed by atoms with Crippen molar-refractivity contribution >= 4 is 0 Å². The highest BCUT2D eigenvalue weighted by atomic mass is 14.7. The van der Waals surface area contributed by atoms with Crippen LogP contribution < -0.4 is 0 Å². The average molecular weight is 270 g/mol. The van der Waals surface area contributed by atoms with Crippen molar-refractivity contribution in [3.05, 3.63) is 0 Å². The van der Waals surface area contributed by atoms with Gasteiger partial charge >= 0.3 is 0 Å². The molecule has 0 radical (unpaired) electrons. The van der Waals surface area contributed by atoms with Crippen LogP contribution in [-0.4, -0.2) is 0 Å². The second-order valence-electron chi connectivity index (χ2n) is 9.57. The highest BCUT2D eigenvalue weighted by molar-refractivity contribution is 5.14. The molecular weight excluding hydrogens is 240 g/mol. The number of hydrogen-bond acceptors (Lipinski definition) is 0. The van der Waals surface area contributed by atoms with Crippen molar-refractivity contribution < 1.29 is 0 Å². The fourth-order valence-electron chi connectivity index (χ4n) is 9.21. The maximum absolute atomic E-state index is 1.63. The van der Waals surface area contributed by atoms with E-state index in [0.717, 1.165) is 0 Å². The van der Waals surface area contributed by atoms with E-state index in [0.29, 0.717) is 0 Å². The van der Waals surface area contributed by atoms with E-state index in [-0.39, 0.29) is 0 Å². The third-order valence-electron chi connectivity index (χ3n) is 9.49. The first-order valence-electron chi connectivity index (χ1n) is 9.92. The molecule has 0 N–H and O–H groups in total. The molecule has 0 atom stereocenters. The van der Waals surface area contributed by atoms with Crippen LogP contribution in [-0.2, 0) is 0 Å². The van der Waals surface area contributed by atoms with E-state index in [2.05, 4.69) is 0 Å². The van der Waals surface area contributed by atoms with Crippen LogP contribution in [0.5, 0.6) is 0 Å². The fraction of sp³-hybridized carbons (Fsp3) is 1.00. The van der Waals surface area contributed by atoms with E-state index in [4.69, 9.17) is 0 Å². The Bertz CT molecular complexity index is 303. The third-order valence-corrected chi connectivity index (χ3v) is 9.49. The molecular formula is C20H30. The Morgan fingerprint density at radius 3 is 0.550 bits per heavy atom. The van der Waals surface area contributed by atoms with Gasteiger partial charge in [0.05, 0.1) is 0 Å². The lowest BCUT2D eigenvalue weighted by atomic mass is 9.55.